The molecule has 34 heavy (non-hydrogen) atoms. The summed E-state index contributed by atoms with van der Waals surface area (Å²) in [5.74, 6) is 0.101. The molecule has 2 aromatic rings. The minimum Gasteiger partial charge on any atom is -0.484 e. The highest BCUT2D eigenvalue weighted by atomic mass is 35.5. The van der Waals surface area contributed by atoms with Gasteiger partial charge in [0.2, 0.25) is 5.91 Å². The van der Waals surface area contributed by atoms with E-state index in [0.29, 0.717) is 23.0 Å². The Morgan fingerprint density at radius 1 is 0.941 bits per heavy atom. The first-order valence-electron chi connectivity index (χ1n) is 10.9. The van der Waals surface area contributed by atoms with Crippen LogP contribution in [0.4, 0.5) is 10.5 Å². The zero-order valence-corrected chi connectivity index (χ0v) is 21.0. The quantitative estimate of drug-likeness (QED) is 0.480. The summed E-state index contributed by atoms with van der Waals surface area (Å²) in [7, 11) is 0. The highest BCUT2D eigenvalue weighted by Gasteiger charge is 2.16. The maximum atomic E-state index is 12.2. The number of nitrogens with one attached hydrogen (secondary N) is 3. The molecule has 0 saturated carbocycles. The molecule has 0 aliphatic rings. The molecule has 0 heterocycles. The van der Waals surface area contributed by atoms with Crippen LogP contribution in [0.25, 0.3) is 0 Å². The van der Waals surface area contributed by atoms with Gasteiger partial charge in [-0.3, -0.25) is 9.59 Å². The Balaban J connectivity index is 1.70. The fourth-order valence-corrected chi connectivity index (χ4v) is 3.03. The molecule has 0 aromatic heterocycles. The second-order valence-corrected chi connectivity index (χ2v) is 9.24. The van der Waals surface area contributed by atoms with Gasteiger partial charge in [-0.2, -0.15) is 0 Å². The maximum Gasteiger partial charge on any atom is 0.407 e. The van der Waals surface area contributed by atoms with Gasteiger partial charge in [-0.25, -0.2) is 4.79 Å². The smallest absolute Gasteiger partial charge is 0.407 e. The predicted molar refractivity (Wildman–Crippen MR) is 132 cm³/mol. The normalized spacial score (nSPS) is 10.9. The lowest BCUT2D eigenvalue weighted by molar-refractivity contribution is -0.121. The van der Waals surface area contributed by atoms with Crippen molar-refractivity contribution in [2.45, 2.75) is 53.2 Å². The maximum absolute atomic E-state index is 12.2. The van der Waals surface area contributed by atoms with E-state index in [-0.39, 0.29) is 31.4 Å². The number of carbonyl (C=O) groups excluding carboxylic acids is 3. The van der Waals surface area contributed by atoms with Crippen molar-refractivity contribution in [1.82, 2.24) is 10.6 Å². The Hall–Kier alpha value is -3.26. The van der Waals surface area contributed by atoms with E-state index in [0.717, 1.165) is 16.7 Å². The van der Waals surface area contributed by atoms with Crippen LogP contribution in [0.3, 0.4) is 0 Å². The van der Waals surface area contributed by atoms with Crippen LogP contribution in [-0.4, -0.2) is 36.7 Å². The number of rotatable bonds is 9. The van der Waals surface area contributed by atoms with E-state index >= 15 is 0 Å². The molecule has 0 fully saturated rings. The van der Waals surface area contributed by atoms with Gasteiger partial charge in [0, 0.05) is 30.2 Å². The third-order valence-electron chi connectivity index (χ3n) is 4.53. The molecule has 9 heteroatoms. The van der Waals surface area contributed by atoms with E-state index in [1.807, 2.05) is 26.0 Å². The SMILES string of the molecule is Cc1cc(OCC(=O)Nc2ccc(CNC(=O)CCNC(=O)OC(C)(C)C)cc2)cc(C)c1Cl. The van der Waals surface area contributed by atoms with Crippen LogP contribution in [0.5, 0.6) is 5.75 Å². The average Bonchev–Trinajstić information content (AvgIpc) is 2.74. The summed E-state index contributed by atoms with van der Waals surface area (Å²) in [6.45, 7) is 9.46. The fraction of sp³-hybridized carbons (Fsp3) is 0.400. The number of anilines is 1. The molecule has 0 saturated heterocycles. The number of benzene rings is 2. The summed E-state index contributed by atoms with van der Waals surface area (Å²) < 4.78 is 10.7. The summed E-state index contributed by atoms with van der Waals surface area (Å²) in [4.78, 5) is 35.7. The lowest BCUT2D eigenvalue weighted by Gasteiger charge is -2.19. The molecule has 0 aliphatic carbocycles. The molecular weight excluding hydrogens is 458 g/mol. The zero-order chi connectivity index (χ0) is 25.3. The third kappa shape index (κ3) is 9.70. The number of hydrogen-bond acceptors (Lipinski definition) is 5. The molecule has 0 bridgehead atoms. The van der Waals surface area contributed by atoms with Crippen LogP contribution in [0.2, 0.25) is 5.02 Å². The summed E-state index contributed by atoms with van der Waals surface area (Å²) in [6, 6.07) is 10.7. The summed E-state index contributed by atoms with van der Waals surface area (Å²) in [6.07, 6.45) is -0.415. The molecule has 3 N–H and O–H groups in total. The first-order valence-corrected chi connectivity index (χ1v) is 11.3. The van der Waals surface area contributed by atoms with Crippen LogP contribution in [0.15, 0.2) is 36.4 Å². The molecule has 2 rings (SSSR count). The highest BCUT2D eigenvalue weighted by Crippen LogP contribution is 2.25. The van der Waals surface area contributed by atoms with E-state index < -0.39 is 11.7 Å². The topological polar surface area (TPSA) is 106 Å². The van der Waals surface area contributed by atoms with E-state index in [1.165, 1.54) is 0 Å². The van der Waals surface area contributed by atoms with Crippen LogP contribution in [0, 0.1) is 13.8 Å². The monoisotopic (exact) mass is 489 g/mol. The summed E-state index contributed by atoms with van der Waals surface area (Å²) in [5, 5.41) is 8.78. The van der Waals surface area contributed by atoms with Crippen molar-refractivity contribution in [2.24, 2.45) is 0 Å². The Morgan fingerprint density at radius 2 is 1.56 bits per heavy atom. The number of amides is 3. The Morgan fingerprint density at radius 3 is 2.15 bits per heavy atom. The molecule has 0 aliphatic heterocycles. The standard InChI is InChI=1S/C25H32ClN3O5/c1-16-12-20(13-17(2)23(16)26)33-15-22(31)29-19-8-6-18(7-9-19)14-28-21(30)10-11-27-24(32)34-25(3,4)5/h6-9,12-13H,10-11,14-15H2,1-5H3,(H,27,32)(H,28,30)(H,29,31). The van der Waals surface area contributed by atoms with Crippen LogP contribution in [0.1, 0.15) is 43.9 Å². The number of halogens is 1. The molecule has 0 unspecified atom stereocenters. The number of carbonyl (C=O) groups is 3. The van der Waals surface area contributed by atoms with E-state index in [9.17, 15) is 14.4 Å². The van der Waals surface area contributed by atoms with Crippen molar-refractivity contribution < 1.29 is 23.9 Å². The molecule has 0 spiro atoms. The van der Waals surface area contributed by atoms with Crippen molar-refractivity contribution in [3.05, 3.63) is 58.1 Å². The summed E-state index contributed by atoms with van der Waals surface area (Å²) in [5.41, 5.74) is 2.68. The molecular formula is C25H32ClN3O5. The van der Waals surface area contributed by atoms with E-state index in [4.69, 9.17) is 21.1 Å². The second-order valence-electron chi connectivity index (χ2n) is 8.86. The van der Waals surface area contributed by atoms with Gasteiger partial charge in [0.05, 0.1) is 0 Å². The van der Waals surface area contributed by atoms with Crippen LogP contribution >= 0.6 is 11.6 Å². The van der Waals surface area contributed by atoms with Crippen molar-refractivity contribution in [3.63, 3.8) is 0 Å². The first-order chi connectivity index (χ1) is 15.9. The number of alkyl carbamates (subject to hydrolysis) is 1. The lowest BCUT2D eigenvalue weighted by atomic mass is 10.1. The number of aryl methyl sites for hydroxylation is 2. The van der Waals surface area contributed by atoms with Gasteiger partial charge in [-0.15, -0.1) is 0 Å². The van der Waals surface area contributed by atoms with Crippen molar-refractivity contribution in [1.29, 1.82) is 0 Å². The molecule has 2 aromatic carbocycles. The first kappa shape index (κ1) is 27.0. The molecule has 8 nitrogen and oxygen atoms in total. The van der Waals surface area contributed by atoms with E-state index in [1.54, 1.807) is 45.0 Å². The molecule has 0 radical (unpaired) electrons. The van der Waals surface area contributed by atoms with E-state index in [2.05, 4.69) is 16.0 Å². The van der Waals surface area contributed by atoms with Gasteiger partial charge in [-0.05, 0) is 75.6 Å². The number of hydrogen-bond donors (Lipinski definition) is 3. The number of ether oxygens (including phenoxy) is 2. The van der Waals surface area contributed by atoms with Gasteiger partial charge in [0.25, 0.3) is 5.91 Å². The fourth-order valence-electron chi connectivity index (χ4n) is 2.92. The Bertz CT molecular complexity index is 993. The van der Waals surface area contributed by atoms with Gasteiger partial charge in [-0.1, -0.05) is 23.7 Å². The third-order valence-corrected chi connectivity index (χ3v) is 5.12. The minimum absolute atomic E-state index is 0.129. The van der Waals surface area contributed by atoms with Crippen LogP contribution in [-0.2, 0) is 20.9 Å². The van der Waals surface area contributed by atoms with Gasteiger partial charge in [0.1, 0.15) is 11.4 Å². The molecule has 184 valence electrons. The highest BCUT2D eigenvalue weighted by molar-refractivity contribution is 6.32. The van der Waals surface area contributed by atoms with Gasteiger partial charge in [0.15, 0.2) is 6.61 Å². The molecule has 0 atom stereocenters. The predicted octanol–water partition coefficient (Wildman–Crippen LogP) is 4.51. The van der Waals surface area contributed by atoms with Crippen molar-refractivity contribution in [3.8, 4) is 5.75 Å². The second kappa shape index (κ2) is 12.3. The Kier molecular flexibility index (Phi) is 9.74. The minimum atomic E-state index is -0.583. The van der Waals surface area contributed by atoms with Crippen LogP contribution < -0.4 is 20.7 Å². The average molecular weight is 490 g/mol. The zero-order valence-electron chi connectivity index (χ0n) is 20.2. The van der Waals surface area contributed by atoms with Crippen molar-refractivity contribution in [2.75, 3.05) is 18.5 Å². The Labute approximate surface area is 205 Å². The van der Waals surface area contributed by atoms with Gasteiger partial charge >= 0.3 is 6.09 Å². The lowest BCUT2D eigenvalue weighted by Crippen LogP contribution is -2.35. The largest absolute Gasteiger partial charge is 0.484 e. The van der Waals surface area contributed by atoms with Crippen molar-refractivity contribution >= 4 is 35.2 Å². The molecule has 3 amide bonds. The van der Waals surface area contributed by atoms with Gasteiger partial charge < -0.3 is 25.4 Å². The summed E-state index contributed by atoms with van der Waals surface area (Å²) >= 11 is 6.15.